The van der Waals surface area contributed by atoms with Gasteiger partial charge in [0.05, 0.1) is 5.39 Å². The number of fused-ring (bicyclic) bond motifs is 3. The standard InChI is InChI=1S/C19H21F2N9O/c1-10(29(3)18(31)17-26-23-9-28(17)2)5-4-6-14-24-16-12-7-11(20)8-13(21)15(12)25-19(22)30(16)27-14/h7-10H,4-6H2,1-3H3,(H2,22,25)/t10-/m0/s1. The molecule has 0 saturated heterocycles. The number of halogens is 2. The van der Waals surface area contributed by atoms with E-state index in [1.165, 1.54) is 10.8 Å². The molecule has 31 heavy (non-hydrogen) atoms. The van der Waals surface area contributed by atoms with Gasteiger partial charge in [-0.3, -0.25) is 4.79 Å². The molecule has 0 aliphatic rings. The van der Waals surface area contributed by atoms with Crippen molar-refractivity contribution < 1.29 is 13.6 Å². The molecule has 0 saturated carbocycles. The van der Waals surface area contributed by atoms with E-state index in [9.17, 15) is 13.6 Å². The largest absolute Gasteiger partial charge is 0.368 e. The van der Waals surface area contributed by atoms with E-state index in [4.69, 9.17) is 5.73 Å². The summed E-state index contributed by atoms with van der Waals surface area (Å²) in [6.45, 7) is 1.94. The summed E-state index contributed by atoms with van der Waals surface area (Å²) < 4.78 is 30.6. The predicted molar refractivity (Wildman–Crippen MR) is 108 cm³/mol. The van der Waals surface area contributed by atoms with Crippen LogP contribution in [0.15, 0.2) is 18.5 Å². The topological polar surface area (TPSA) is 120 Å². The number of hydrogen-bond acceptors (Lipinski definition) is 7. The number of benzene rings is 1. The van der Waals surface area contributed by atoms with Crippen LogP contribution in [0.5, 0.6) is 0 Å². The number of nitrogens with two attached hydrogens (primary N) is 1. The average Bonchev–Trinajstić information content (AvgIpc) is 3.34. The van der Waals surface area contributed by atoms with Crippen LogP contribution in [-0.4, -0.2) is 58.2 Å². The summed E-state index contributed by atoms with van der Waals surface area (Å²) in [6.07, 6.45) is 3.34. The summed E-state index contributed by atoms with van der Waals surface area (Å²) in [5.74, 6) is -1.04. The predicted octanol–water partition coefficient (Wildman–Crippen LogP) is 1.75. The van der Waals surface area contributed by atoms with Crippen molar-refractivity contribution in [2.24, 2.45) is 7.05 Å². The summed E-state index contributed by atoms with van der Waals surface area (Å²) in [7, 11) is 3.43. The number of anilines is 1. The van der Waals surface area contributed by atoms with Gasteiger partial charge in [-0.15, -0.1) is 15.3 Å². The van der Waals surface area contributed by atoms with Crippen molar-refractivity contribution >= 4 is 28.4 Å². The fourth-order valence-electron chi connectivity index (χ4n) is 3.39. The third-order valence-electron chi connectivity index (χ3n) is 5.27. The van der Waals surface area contributed by atoms with E-state index in [0.717, 1.165) is 12.1 Å². The third kappa shape index (κ3) is 3.76. The Morgan fingerprint density at radius 1 is 1.29 bits per heavy atom. The van der Waals surface area contributed by atoms with Crippen LogP contribution in [0.25, 0.3) is 16.6 Å². The molecule has 10 nitrogen and oxygen atoms in total. The maximum Gasteiger partial charge on any atom is 0.291 e. The minimum Gasteiger partial charge on any atom is -0.368 e. The van der Waals surface area contributed by atoms with Crippen LogP contribution >= 0.6 is 0 Å². The molecule has 3 aromatic heterocycles. The number of aromatic nitrogens is 7. The number of carbonyl (C=O) groups excluding carboxylic acids is 1. The molecular weight excluding hydrogens is 408 g/mol. The Bertz CT molecular complexity index is 1280. The zero-order valence-electron chi connectivity index (χ0n) is 17.2. The van der Waals surface area contributed by atoms with E-state index in [-0.39, 0.29) is 40.3 Å². The second-order valence-corrected chi connectivity index (χ2v) is 7.44. The third-order valence-corrected chi connectivity index (χ3v) is 5.27. The maximum atomic E-state index is 14.1. The summed E-state index contributed by atoms with van der Waals surface area (Å²) >= 11 is 0. The summed E-state index contributed by atoms with van der Waals surface area (Å²) in [6, 6.07) is 1.85. The fourth-order valence-corrected chi connectivity index (χ4v) is 3.39. The highest BCUT2D eigenvalue weighted by Gasteiger charge is 2.22. The minimum absolute atomic E-state index is 0.0332. The van der Waals surface area contributed by atoms with Gasteiger partial charge in [0.1, 0.15) is 17.7 Å². The number of carbonyl (C=O) groups is 1. The van der Waals surface area contributed by atoms with Crippen molar-refractivity contribution in [1.82, 2.24) is 39.2 Å². The number of nitrogen functional groups attached to an aromatic ring is 1. The SMILES string of the molecule is C[C@@H](CCCc1nc2c3cc(F)cc(F)c3nc(N)n2n1)N(C)C(=O)c1nncn1C. The number of nitrogens with zero attached hydrogens (tertiary/aromatic N) is 8. The van der Waals surface area contributed by atoms with Crippen LogP contribution < -0.4 is 5.73 Å². The molecule has 0 spiro atoms. The van der Waals surface area contributed by atoms with Gasteiger partial charge in [0.2, 0.25) is 11.8 Å². The van der Waals surface area contributed by atoms with E-state index in [2.05, 4.69) is 25.3 Å². The lowest BCUT2D eigenvalue weighted by atomic mass is 10.1. The Balaban J connectivity index is 1.48. The Kier molecular flexibility index (Phi) is 5.21. The molecule has 1 aromatic carbocycles. The first-order valence-electron chi connectivity index (χ1n) is 9.67. The van der Waals surface area contributed by atoms with Crippen LogP contribution in [0, 0.1) is 11.6 Å². The van der Waals surface area contributed by atoms with E-state index in [1.54, 1.807) is 23.6 Å². The Morgan fingerprint density at radius 3 is 2.77 bits per heavy atom. The molecule has 1 atom stereocenters. The van der Waals surface area contributed by atoms with Crippen LogP contribution in [0.1, 0.15) is 36.2 Å². The average molecular weight is 429 g/mol. The zero-order chi connectivity index (χ0) is 22.3. The summed E-state index contributed by atoms with van der Waals surface area (Å²) in [5, 5.41) is 12.1. The highest BCUT2D eigenvalue weighted by atomic mass is 19.1. The second-order valence-electron chi connectivity index (χ2n) is 7.44. The van der Waals surface area contributed by atoms with Crippen molar-refractivity contribution in [1.29, 1.82) is 0 Å². The Morgan fingerprint density at radius 2 is 2.06 bits per heavy atom. The number of hydrogen-bond donors (Lipinski definition) is 1. The number of amides is 1. The molecule has 0 aliphatic heterocycles. The molecule has 0 radical (unpaired) electrons. The molecule has 0 fully saturated rings. The first-order chi connectivity index (χ1) is 14.8. The fraction of sp³-hybridized carbons (Fsp3) is 0.368. The van der Waals surface area contributed by atoms with E-state index < -0.39 is 11.6 Å². The van der Waals surface area contributed by atoms with Gasteiger partial charge in [0.15, 0.2) is 17.3 Å². The quantitative estimate of drug-likeness (QED) is 0.496. The number of rotatable bonds is 6. The molecule has 4 rings (SSSR count). The molecule has 2 N–H and O–H groups in total. The first-order valence-corrected chi connectivity index (χ1v) is 9.67. The van der Waals surface area contributed by atoms with Crippen molar-refractivity contribution in [3.63, 3.8) is 0 Å². The Hall–Kier alpha value is -3.70. The molecule has 12 heteroatoms. The van der Waals surface area contributed by atoms with Crippen LogP contribution in [0.4, 0.5) is 14.7 Å². The Labute approximate surface area is 175 Å². The van der Waals surface area contributed by atoms with E-state index >= 15 is 0 Å². The first kappa shape index (κ1) is 20.6. The molecule has 0 aliphatic carbocycles. The van der Waals surface area contributed by atoms with Gasteiger partial charge < -0.3 is 15.2 Å². The van der Waals surface area contributed by atoms with Crippen LogP contribution in [0.3, 0.4) is 0 Å². The summed E-state index contributed by atoms with van der Waals surface area (Å²) in [4.78, 5) is 22.5. The van der Waals surface area contributed by atoms with Crippen molar-refractivity contribution in [3.8, 4) is 0 Å². The highest BCUT2D eigenvalue weighted by molar-refractivity contribution is 5.92. The van der Waals surface area contributed by atoms with Crippen molar-refractivity contribution in [2.45, 2.75) is 32.2 Å². The lowest BCUT2D eigenvalue weighted by Gasteiger charge is -2.24. The molecule has 0 bridgehead atoms. The monoisotopic (exact) mass is 429 g/mol. The van der Waals surface area contributed by atoms with Gasteiger partial charge in [-0.25, -0.2) is 18.7 Å². The molecule has 4 aromatic rings. The highest BCUT2D eigenvalue weighted by Crippen LogP contribution is 2.23. The second kappa shape index (κ2) is 7.85. The molecule has 162 valence electrons. The van der Waals surface area contributed by atoms with Crippen LogP contribution in [0.2, 0.25) is 0 Å². The normalized spacial score (nSPS) is 12.5. The van der Waals surface area contributed by atoms with Crippen molar-refractivity contribution in [3.05, 3.63) is 41.7 Å². The van der Waals surface area contributed by atoms with E-state index in [1.807, 2.05) is 6.92 Å². The van der Waals surface area contributed by atoms with Crippen molar-refractivity contribution in [2.75, 3.05) is 12.8 Å². The van der Waals surface area contributed by atoms with Gasteiger partial charge in [-0.1, -0.05) is 0 Å². The smallest absolute Gasteiger partial charge is 0.291 e. The molecular formula is C19H21F2N9O. The van der Waals surface area contributed by atoms with Gasteiger partial charge in [0, 0.05) is 32.6 Å². The van der Waals surface area contributed by atoms with Gasteiger partial charge in [-0.2, -0.15) is 4.52 Å². The van der Waals surface area contributed by atoms with Gasteiger partial charge >= 0.3 is 0 Å². The minimum atomic E-state index is -0.807. The molecule has 1 amide bonds. The number of aryl methyl sites for hydroxylation is 2. The van der Waals surface area contributed by atoms with Gasteiger partial charge in [0.25, 0.3) is 5.91 Å². The lowest BCUT2D eigenvalue weighted by Crippen LogP contribution is -2.36. The van der Waals surface area contributed by atoms with Crippen LogP contribution in [-0.2, 0) is 13.5 Å². The lowest BCUT2D eigenvalue weighted by molar-refractivity contribution is 0.0719. The van der Waals surface area contributed by atoms with Gasteiger partial charge in [-0.05, 0) is 25.8 Å². The van der Waals surface area contributed by atoms with E-state index in [0.29, 0.717) is 25.1 Å². The summed E-state index contributed by atoms with van der Waals surface area (Å²) in [5.41, 5.74) is 6.08. The molecule has 3 heterocycles. The zero-order valence-corrected chi connectivity index (χ0v) is 17.2. The molecule has 0 unspecified atom stereocenters. The maximum absolute atomic E-state index is 14.1.